The fraction of sp³-hybridized carbons (Fsp3) is 0.296. The van der Waals surface area contributed by atoms with Gasteiger partial charge in [-0.3, -0.25) is 4.79 Å². The summed E-state index contributed by atoms with van der Waals surface area (Å²) in [6.45, 7) is 2.17. The number of rotatable bonds is 8. The minimum Gasteiger partial charge on any atom is -0.370 e. The summed E-state index contributed by atoms with van der Waals surface area (Å²) in [7, 11) is 0. The van der Waals surface area contributed by atoms with Crippen LogP contribution in [0.1, 0.15) is 29.5 Å². The lowest BCUT2D eigenvalue weighted by molar-refractivity contribution is -0.156. The highest BCUT2D eigenvalue weighted by atomic mass is 16.5. The van der Waals surface area contributed by atoms with Gasteiger partial charge >= 0.3 is 0 Å². The molecule has 3 aromatic rings. The summed E-state index contributed by atoms with van der Waals surface area (Å²) in [5, 5.41) is 0. The first-order chi connectivity index (χ1) is 15.3. The number of benzene rings is 3. The van der Waals surface area contributed by atoms with Crippen molar-refractivity contribution in [3.05, 3.63) is 108 Å². The molecule has 1 fully saturated rings. The van der Waals surface area contributed by atoms with Gasteiger partial charge in [0.05, 0.1) is 19.3 Å². The Morgan fingerprint density at radius 3 is 1.81 bits per heavy atom. The molecule has 0 spiro atoms. The van der Waals surface area contributed by atoms with Crippen molar-refractivity contribution in [2.45, 2.75) is 44.8 Å². The van der Waals surface area contributed by atoms with Crippen LogP contribution in [0.2, 0.25) is 0 Å². The molecule has 1 amide bonds. The van der Waals surface area contributed by atoms with Gasteiger partial charge in [0.1, 0.15) is 0 Å². The van der Waals surface area contributed by atoms with Crippen molar-refractivity contribution in [2.75, 3.05) is 6.54 Å². The Morgan fingerprint density at radius 2 is 1.23 bits per heavy atom. The molecule has 160 valence electrons. The highest BCUT2D eigenvalue weighted by Crippen LogP contribution is 2.23. The molecule has 1 aliphatic rings. The first-order valence-corrected chi connectivity index (χ1v) is 10.9. The standard InChI is InChI=1S/C27H29NO3/c29-27-26(31-21-24-15-8-3-9-16-24)25(30-20-23-13-6-2-7-14-23)17-10-18-28(27)19-22-11-4-1-5-12-22/h1-9,11-16,25-26H,10,17-21H2/t25-,26-/m1/s1. The molecule has 0 N–H and O–H groups in total. The Balaban J connectivity index is 1.49. The van der Waals surface area contributed by atoms with Gasteiger partial charge in [0, 0.05) is 13.1 Å². The molecule has 1 saturated heterocycles. The zero-order valence-electron chi connectivity index (χ0n) is 17.7. The van der Waals surface area contributed by atoms with Crippen molar-refractivity contribution >= 4 is 5.91 Å². The lowest BCUT2D eigenvalue weighted by Gasteiger charge is -2.28. The van der Waals surface area contributed by atoms with Crippen LogP contribution < -0.4 is 0 Å². The molecule has 0 saturated carbocycles. The number of nitrogens with zero attached hydrogens (tertiary/aromatic N) is 1. The van der Waals surface area contributed by atoms with Crippen LogP contribution in [0.3, 0.4) is 0 Å². The number of carbonyl (C=O) groups excluding carboxylic acids is 1. The number of likely N-dealkylation sites (tertiary alicyclic amines) is 1. The van der Waals surface area contributed by atoms with Gasteiger partial charge in [0.25, 0.3) is 5.91 Å². The van der Waals surface area contributed by atoms with Crippen molar-refractivity contribution in [3.8, 4) is 0 Å². The summed E-state index contributed by atoms with van der Waals surface area (Å²) in [6, 6.07) is 30.2. The van der Waals surface area contributed by atoms with Gasteiger partial charge in [-0.1, -0.05) is 91.0 Å². The van der Waals surface area contributed by atoms with Gasteiger partial charge in [-0.25, -0.2) is 0 Å². The Morgan fingerprint density at radius 1 is 0.710 bits per heavy atom. The van der Waals surface area contributed by atoms with E-state index in [-0.39, 0.29) is 12.0 Å². The monoisotopic (exact) mass is 415 g/mol. The van der Waals surface area contributed by atoms with Gasteiger partial charge in [-0.15, -0.1) is 0 Å². The van der Waals surface area contributed by atoms with Crippen LogP contribution in [-0.4, -0.2) is 29.6 Å². The van der Waals surface area contributed by atoms with E-state index in [1.165, 1.54) is 0 Å². The summed E-state index contributed by atoms with van der Waals surface area (Å²) in [5.41, 5.74) is 3.28. The average Bonchev–Trinajstić information content (AvgIpc) is 2.97. The SMILES string of the molecule is O=C1[C@H](OCc2ccccc2)[C@H](OCc2ccccc2)CCCN1Cc1ccccc1. The molecule has 2 atom stereocenters. The molecule has 0 aliphatic carbocycles. The number of carbonyl (C=O) groups is 1. The molecule has 0 bridgehead atoms. The second-order valence-corrected chi connectivity index (χ2v) is 7.94. The van der Waals surface area contributed by atoms with Crippen LogP contribution in [0.5, 0.6) is 0 Å². The Kier molecular flexibility index (Phi) is 7.48. The van der Waals surface area contributed by atoms with Crippen molar-refractivity contribution in [1.29, 1.82) is 0 Å². The summed E-state index contributed by atoms with van der Waals surface area (Å²) >= 11 is 0. The topological polar surface area (TPSA) is 38.8 Å². The minimum atomic E-state index is -0.616. The molecule has 3 aromatic carbocycles. The van der Waals surface area contributed by atoms with Crippen LogP contribution >= 0.6 is 0 Å². The molecule has 1 aliphatic heterocycles. The summed E-state index contributed by atoms with van der Waals surface area (Å²) in [4.78, 5) is 15.4. The van der Waals surface area contributed by atoms with Crippen LogP contribution in [0.25, 0.3) is 0 Å². The van der Waals surface area contributed by atoms with Gasteiger partial charge in [-0.05, 0) is 29.5 Å². The zero-order chi connectivity index (χ0) is 21.3. The third-order valence-electron chi connectivity index (χ3n) is 5.60. The number of amides is 1. The van der Waals surface area contributed by atoms with Gasteiger partial charge in [-0.2, -0.15) is 0 Å². The number of hydrogen-bond donors (Lipinski definition) is 0. The molecule has 0 aromatic heterocycles. The Hall–Kier alpha value is -2.95. The van der Waals surface area contributed by atoms with E-state index in [0.29, 0.717) is 26.3 Å². The zero-order valence-corrected chi connectivity index (χ0v) is 17.7. The molecular formula is C27H29NO3. The summed E-state index contributed by atoms with van der Waals surface area (Å²) < 4.78 is 12.5. The maximum atomic E-state index is 13.5. The van der Waals surface area contributed by atoms with E-state index in [4.69, 9.17) is 9.47 Å². The molecule has 4 heteroatoms. The van der Waals surface area contributed by atoms with E-state index in [9.17, 15) is 4.79 Å². The number of hydrogen-bond acceptors (Lipinski definition) is 3. The largest absolute Gasteiger partial charge is 0.370 e. The van der Waals surface area contributed by atoms with Gasteiger partial charge < -0.3 is 14.4 Å². The van der Waals surface area contributed by atoms with E-state index in [2.05, 4.69) is 12.1 Å². The second kappa shape index (κ2) is 10.9. The quantitative estimate of drug-likeness (QED) is 0.521. The third-order valence-corrected chi connectivity index (χ3v) is 5.60. The normalized spacial score (nSPS) is 19.2. The van der Waals surface area contributed by atoms with Crippen molar-refractivity contribution in [3.63, 3.8) is 0 Å². The predicted octanol–water partition coefficient (Wildman–Crippen LogP) is 4.98. The van der Waals surface area contributed by atoms with Gasteiger partial charge in [0.2, 0.25) is 0 Å². The van der Waals surface area contributed by atoms with Crippen LogP contribution in [0, 0.1) is 0 Å². The summed E-state index contributed by atoms with van der Waals surface area (Å²) in [5.74, 6) is 0.00958. The highest BCUT2D eigenvalue weighted by Gasteiger charge is 2.36. The van der Waals surface area contributed by atoms with E-state index >= 15 is 0 Å². The Labute approximate surface area is 184 Å². The molecule has 4 nitrogen and oxygen atoms in total. The highest BCUT2D eigenvalue weighted by molar-refractivity contribution is 5.82. The Bertz CT molecular complexity index is 930. The van der Waals surface area contributed by atoms with Crippen LogP contribution in [0.15, 0.2) is 91.0 Å². The number of ether oxygens (including phenoxy) is 2. The lowest BCUT2D eigenvalue weighted by atomic mass is 10.1. The molecule has 1 heterocycles. The molecule has 0 radical (unpaired) electrons. The molecular weight excluding hydrogens is 386 g/mol. The first kappa shape index (κ1) is 21.3. The van der Waals surface area contributed by atoms with Crippen LogP contribution in [0.4, 0.5) is 0 Å². The van der Waals surface area contributed by atoms with E-state index < -0.39 is 6.10 Å². The molecule has 31 heavy (non-hydrogen) atoms. The maximum Gasteiger partial charge on any atom is 0.254 e. The fourth-order valence-corrected chi connectivity index (χ4v) is 3.93. The van der Waals surface area contributed by atoms with Crippen molar-refractivity contribution in [2.24, 2.45) is 0 Å². The molecule has 0 unspecified atom stereocenters. The first-order valence-electron chi connectivity index (χ1n) is 10.9. The third kappa shape index (κ3) is 6.03. The van der Waals surface area contributed by atoms with E-state index in [1.807, 2.05) is 83.8 Å². The van der Waals surface area contributed by atoms with Gasteiger partial charge in [0.15, 0.2) is 6.10 Å². The average molecular weight is 416 g/mol. The smallest absolute Gasteiger partial charge is 0.254 e. The van der Waals surface area contributed by atoms with E-state index in [0.717, 1.165) is 29.5 Å². The predicted molar refractivity (Wildman–Crippen MR) is 121 cm³/mol. The lowest BCUT2D eigenvalue weighted by Crippen LogP contribution is -2.44. The fourth-order valence-electron chi connectivity index (χ4n) is 3.93. The van der Waals surface area contributed by atoms with Crippen LogP contribution in [-0.2, 0) is 34.0 Å². The minimum absolute atomic E-state index is 0.00958. The maximum absolute atomic E-state index is 13.5. The second-order valence-electron chi connectivity index (χ2n) is 7.94. The van der Waals surface area contributed by atoms with Crippen molar-refractivity contribution < 1.29 is 14.3 Å². The van der Waals surface area contributed by atoms with Crippen molar-refractivity contribution in [1.82, 2.24) is 4.90 Å². The molecule has 4 rings (SSSR count). The van der Waals surface area contributed by atoms with E-state index in [1.54, 1.807) is 0 Å². The summed E-state index contributed by atoms with van der Waals surface area (Å²) in [6.07, 6.45) is 0.805.